The summed E-state index contributed by atoms with van der Waals surface area (Å²) in [6.45, 7) is 1.73. The molecule has 1 heterocycles. The quantitative estimate of drug-likeness (QED) is 0.793. The molecule has 98 valence electrons. The van der Waals surface area contributed by atoms with E-state index in [0.29, 0.717) is 0 Å². The van der Waals surface area contributed by atoms with Gasteiger partial charge in [-0.15, -0.1) is 0 Å². The smallest absolute Gasteiger partial charge is 0.227 e. The molecule has 1 saturated heterocycles. The number of hydrogen-bond acceptors (Lipinski definition) is 3. The van der Waals surface area contributed by atoms with Gasteiger partial charge in [0, 0.05) is 38.8 Å². The largest absolute Gasteiger partial charge is 0.399 e. The van der Waals surface area contributed by atoms with Crippen molar-refractivity contribution in [3.05, 3.63) is 29.8 Å². The van der Waals surface area contributed by atoms with E-state index in [4.69, 9.17) is 5.73 Å². The van der Waals surface area contributed by atoms with E-state index >= 15 is 0 Å². The zero-order chi connectivity index (χ0) is 13.3. The number of carbonyl (C=O) groups excluding carboxylic acids is 1. The van der Waals surface area contributed by atoms with Gasteiger partial charge in [0.1, 0.15) is 0 Å². The van der Waals surface area contributed by atoms with E-state index in [9.17, 15) is 4.79 Å². The van der Waals surface area contributed by atoms with Gasteiger partial charge in [-0.1, -0.05) is 12.1 Å². The van der Waals surface area contributed by atoms with Gasteiger partial charge in [-0.05, 0) is 24.7 Å². The van der Waals surface area contributed by atoms with Gasteiger partial charge < -0.3 is 15.5 Å². The summed E-state index contributed by atoms with van der Waals surface area (Å²) in [6.07, 6.45) is 0. The lowest BCUT2D eigenvalue weighted by atomic mass is 9.88. The average Bonchev–Trinajstić information content (AvgIpc) is 2.70. The molecule has 1 aliphatic rings. The predicted octanol–water partition coefficient (Wildman–Crippen LogP) is 1.00. The van der Waals surface area contributed by atoms with Crippen LogP contribution in [0.1, 0.15) is 11.5 Å². The number of hydrogen-bond donors (Lipinski definition) is 1. The fraction of sp³-hybridized carbons (Fsp3) is 0.500. The van der Waals surface area contributed by atoms with Crippen LogP contribution in [0.4, 0.5) is 5.69 Å². The third-order valence-corrected chi connectivity index (χ3v) is 3.60. The molecule has 4 nitrogen and oxygen atoms in total. The van der Waals surface area contributed by atoms with Crippen molar-refractivity contribution in [1.82, 2.24) is 9.80 Å². The summed E-state index contributed by atoms with van der Waals surface area (Å²) >= 11 is 0. The van der Waals surface area contributed by atoms with E-state index in [2.05, 4.69) is 18.0 Å². The van der Waals surface area contributed by atoms with Crippen LogP contribution in [0.25, 0.3) is 0 Å². The van der Waals surface area contributed by atoms with E-state index in [1.165, 1.54) is 5.56 Å². The monoisotopic (exact) mass is 247 g/mol. The summed E-state index contributed by atoms with van der Waals surface area (Å²) in [4.78, 5) is 16.1. The minimum absolute atomic E-state index is 0.0341. The minimum Gasteiger partial charge on any atom is -0.399 e. The Kier molecular flexibility index (Phi) is 3.57. The maximum atomic E-state index is 12.2. The molecule has 0 radical (unpaired) electrons. The first-order valence-corrected chi connectivity index (χ1v) is 6.24. The number of nitrogens with two attached hydrogens (primary N) is 1. The molecule has 2 rings (SSSR count). The minimum atomic E-state index is 0.0341. The Morgan fingerprint density at radius 3 is 2.72 bits per heavy atom. The highest BCUT2D eigenvalue weighted by Crippen LogP contribution is 2.33. The third-order valence-electron chi connectivity index (χ3n) is 3.60. The topological polar surface area (TPSA) is 49.6 Å². The van der Waals surface area contributed by atoms with Crippen LogP contribution in [0.3, 0.4) is 0 Å². The number of likely N-dealkylation sites (N-methyl/N-ethyl adjacent to an activating group) is 1. The van der Waals surface area contributed by atoms with Crippen molar-refractivity contribution in [3.63, 3.8) is 0 Å². The number of nitrogens with zero attached hydrogens (tertiary/aromatic N) is 2. The standard InChI is InChI=1S/C14H21N3O/c1-16(2)14(18)13-9-17(3)8-12(13)10-5-4-6-11(15)7-10/h4-7,12-13H,8-9,15H2,1-3H3/t12-,13-/m1/s1. The Balaban J connectivity index is 2.27. The zero-order valence-electron chi connectivity index (χ0n) is 11.3. The lowest BCUT2D eigenvalue weighted by Gasteiger charge is -2.21. The Morgan fingerprint density at radius 2 is 2.11 bits per heavy atom. The lowest BCUT2D eigenvalue weighted by Crippen LogP contribution is -2.33. The Labute approximate surface area is 108 Å². The van der Waals surface area contributed by atoms with Crippen LogP contribution in [0.15, 0.2) is 24.3 Å². The van der Waals surface area contributed by atoms with Gasteiger partial charge in [-0.2, -0.15) is 0 Å². The maximum absolute atomic E-state index is 12.2. The molecule has 1 aromatic carbocycles. The molecule has 0 spiro atoms. The summed E-state index contributed by atoms with van der Waals surface area (Å²) in [5, 5.41) is 0. The first kappa shape index (κ1) is 12.9. The van der Waals surface area contributed by atoms with Crippen molar-refractivity contribution >= 4 is 11.6 Å². The normalized spacial score (nSPS) is 24.2. The molecule has 1 aromatic rings. The van der Waals surface area contributed by atoms with Crippen LogP contribution in [0.2, 0.25) is 0 Å². The van der Waals surface area contributed by atoms with Crippen molar-refractivity contribution in [2.24, 2.45) is 5.92 Å². The van der Waals surface area contributed by atoms with E-state index in [-0.39, 0.29) is 17.7 Å². The van der Waals surface area contributed by atoms with E-state index in [1.807, 2.05) is 32.3 Å². The number of likely N-dealkylation sites (tertiary alicyclic amines) is 1. The molecule has 1 aliphatic heterocycles. The SMILES string of the molecule is CN1C[C@H](c2cccc(N)c2)[C@H](C(=O)N(C)C)C1. The molecule has 0 bridgehead atoms. The fourth-order valence-corrected chi connectivity index (χ4v) is 2.71. The fourth-order valence-electron chi connectivity index (χ4n) is 2.71. The molecule has 0 aromatic heterocycles. The van der Waals surface area contributed by atoms with E-state index in [1.54, 1.807) is 4.90 Å². The highest BCUT2D eigenvalue weighted by Gasteiger charge is 2.37. The van der Waals surface area contributed by atoms with Crippen molar-refractivity contribution in [2.45, 2.75) is 5.92 Å². The van der Waals surface area contributed by atoms with Gasteiger partial charge in [0.15, 0.2) is 0 Å². The summed E-state index contributed by atoms with van der Waals surface area (Å²) in [7, 11) is 5.69. The summed E-state index contributed by atoms with van der Waals surface area (Å²) in [6, 6.07) is 7.89. The van der Waals surface area contributed by atoms with Gasteiger partial charge in [0.2, 0.25) is 5.91 Å². The van der Waals surface area contributed by atoms with Crippen molar-refractivity contribution in [1.29, 1.82) is 0 Å². The van der Waals surface area contributed by atoms with E-state index < -0.39 is 0 Å². The lowest BCUT2D eigenvalue weighted by molar-refractivity contribution is -0.132. The van der Waals surface area contributed by atoms with Gasteiger partial charge in [-0.25, -0.2) is 0 Å². The molecule has 1 amide bonds. The van der Waals surface area contributed by atoms with Gasteiger partial charge in [0.25, 0.3) is 0 Å². The van der Waals surface area contributed by atoms with Crippen LogP contribution in [-0.2, 0) is 4.79 Å². The van der Waals surface area contributed by atoms with Crippen LogP contribution in [-0.4, -0.2) is 49.9 Å². The van der Waals surface area contributed by atoms with Crippen LogP contribution >= 0.6 is 0 Å². The van der Waals surface area contributed by atoms with Crippen molar-refractivity contribution in [3.8, 4) is 0 Å². The van der Waals surface area contributed by atoms with Crippen molar-refractivity contribution in [2.75, 3.05) is 40.0 Å². The molecule has 0 saturated carbocycles. The number of benzene rings is 1. The molecule has 0 unspecified atom stereocenters. The Hall–Kier alpha value is -1.55. The van der Waals surface area contributed by atoms with E-state index in [0.717, 1.165) is 18.8 Å². The third kappa shape index (κ3) is 2.48. The predicted molar refractivity (Wildman–Crippen MR) is 73.3 cm³/mol. The summed E-state index contributed by atoms with van der Waals surface area (Å²) in [5.41, 5.74) is 7.76. The molecule has 4 heteroatoms. The van der Waals surface area contributed by atoms with Crippen LogP contribution < -0.4 is 5.73 Å². The number of nitrogen functional groups attached to an aromatic ring is 1. The molecule has 2 N–H and O–H groups in total. The summed E-state index contributed by atoms with van der Waals surface area (Å²) < 4.78 is 0. The van der Waals surface area contributed by atoms with Gasteiger partial charge >= 0.3 is 0 Å². The molecule has 18 heavy (non-hydrogen) atoms. The van der Waals surface area contributed by atoms with Crippen molar-refractivity contribution < 1.29 is 4.79 Å². The second kappa shape index (κ2) is 4.98. The highest BCUT2D eigenvalue weighted by atomic mass is 16.2. The Bertz CT molecular complexity index is 444. The highest BCUT2D eigenvalue weighted by molar-refractivity contribution is 5.80. The number of carbonyl (C=O) groups is 1. The number of rotatable bonds is 2. The first-order chi connectivity index (χ1) is 8.49. The second-order valence-electron chi connectivity index (χ2n) is 5.34. The molecular weight excluding hydrogens is 226 g/mol. The van der Waals surface area contributed by atoms with Crippen LogP contribution in [0.5, 0.6) is 0 Å². The second-order valence-corrected chi connectivity index (χ2v) is 5.34. The molecule has 1 fully saturated rings. The van der Waals surface area contributed by atoms with Gasteiger partial charge in [-0.3, -0.25) is 4.79 Å². The molecular formula is C14H21N3O. The van der Waals surface area contributed by atoms with Crippen LogP contribution in [0, 0.1) is 5.92 Å². The summed E-state index contributed by atoms with van der Waals surface area (Å²) in [5.74, 6) is 0.479. The average molecular weight is 247 g/mol. The zero-order valence-corrected chi connectivity index (χ0v) is 11.3. The molecule has 0 aliphatic carbocycles. The van der Waals surface area contributed by atoms with Gasteiger partial charge in [0.05, 0.1) is 5.92 Å². The number of anilines is 1. The number of amides is 1. The Morgan fingerprint density at radius 1 is 1.39 bits per heavy atom. The first-order valence-electron chi connectivity index (χ1n) is 6.24. The molecule has 2 atom stereocenters. The maximum Gasteiger partial charge on any atom is 0.227 e.